The van der Waals surface area contributed by atoms with Crippen LogP contribution >= 0.6 is 0 Å². The molecular formula is C22H29FN6O3. The summed E-state index contributed by atoms with van der Waals surface area (Å²) in [6, 6.07) is 6.11. The molecule has 10 heteroatoms. The molecule has 2 fully saturated rings. The summed E-state index contributed by atoms with van der Waals surface area (Å²) in [5.41, 5.74) is 1.19. The first-order chi connectivity index (χ1) is 15.6. The van der Waals surface area contributed by atoms with Crippen molar-refractivity contribution in [3.8, 4) is 0 Å². The molecule has 1 aromatic carbocycles. The minimum atomic E-state index is -0.293. The highest BCUT2D eigenvalue weighted by Gasteiger charge is 2.27. The molecule has 2 aromatic rings. The third kappa shape index (κ3) is 5.61. The van der Waals surface area contributed by atoms with Crippen LogP contribution < -0.4 is 5.32 Å². The molecule has 3 amide bonds. The highest BCUT2D eigenvalue weighted by molar-refractivity contribution is 5.92. The summed E-state index contributed by atoms with van der Waals surface area (Å²) in [4.78, 5) is 28.9. The molecule has 0 spiro atoms. The molecule has 1 aromatic heterocycles. The van der Waals surface area contributed by atoms with Crippen molar-refractivity contribution >= 4 is 11.9 Å². The first-order valence-corrected chi connectivity index (χ1v) is 11.2. The molecule has 32 heavy (non-hydrogen) atoms. The maximum absolute atomic E-state index is 13.1. The standard InChI is InChI=1S/C22H29FN6O3/c23-18-6-4-17(5-7-18)15-24-22(31)29-9-2-1-3-19(29)8-10-28-16-20(25-26-28)21(30)27-11-13-32-14-12-27/h4-7,16,19H,1-3,8-15H2,(H,24,31). The zero-order valence-electron chi connectivity index (χ0n) is 18.1. The second-order valence-corrected chi connectivity index (χ2v) is 8.19. The molecular weight excluding hydrogens is 415 g/mol. The van der Waals surface area contributed by atoms with Crippen LogP contribution in [0.3, 0.4) is 0 Å². The van der Waals surface area contributed by atoms with Gasteiger partial charge in [-0.1, -0.05) is 17.3 Å². The van der Waals surface area contributed by atoms with E-state index in [4.69, 9.17) is 4.74 Å². The molecule has 172 valence electrons. The van der Waals surface area contributed by atoms with Gasteiger partial charge in [0.15, 0.2) is 5.69 Å². The molecule has 4 rings (SSSR count). The summed E-state index contributed by atoms with van der Waals surface area (Å²) in [5.74, 6) is -0.418. The number of morpholine rings is 1. The number of urea groups is 1. The lowest BCUT2D eigenvalue weighted by Gasteiger charge is -2.35. The highest BCUT2D eigenvalue weighted by Crippen LogP contribution is 2.20. The zero-order valence-corrected chi connectivity index (χ0v) is 18.1. The lowest BCUT2D eigenvalue weighted by molar-refractivity contribution is 0.0299. The lowest BCUT2D eigenvalue weighted by Crippen LogP contribution is -2.48. The Labute approximate surface area is 186 Å². The molecule has 1 N–H and O–H groups in total. The Morgan fingerprint density at radius 1 is 1.12 bits per heavy atom. The number of halogens is 1. The largest absolute Gasteiger partial charge is 0.378 e. The number of ether oxygens (including phenoxy) is 1. The summed E-state index contributed by atoms with van der Waals surface area (Å²) >= 11 is 0. The minimum absolute atomic E-state index is 0.0968. The number of aryl methyl sites for hydroxylation is 1. The summed E-state index contributed by atoms with van der Waals surface area (Å²) in [6.45, 7) is 3.86. The molecule has 0 aliphatic carbocycles. The van der Waals surface area contributed by atoms with E-state index in [0.29, 0.717) is 51.6 Å². The Morgan fingerprint density at radius 3 is 2.69 bits per heavy atom. The third-order valence-electron chi connectivity index (χ3n) is 5.99. The van der Waals surface area contributed by atoms with Crippen molar-refractivity contribution in [3.63, 3.8) is 0 Å². The molecule has 0 bridgehead atoms. The van der Waals surface area contributed by atoms with Crippen LogP contribution in [-0.4, -0.2) is 75.6 Å². The number of nitrogens with one attached hydrogen (secondary N) is 1. The summed E-state index contributed by atoms with van der Waals surface area (Å²) < 4.78 is 20.0. The van der Waals surface area contributed by atoms with E-state index < -0.39 is 0 Å². The van der Waals surface area contributed by atoms with E-state index in [2.05, 4.69) is 15.6 Å². The van der Waals surface area contributed by atoms with Crippen LogP contribution in [0.4, 0.5) is 9.18 Å². The predicted molar refractivity (Wildman–Crippen MR) is 114 cm³/mol. The van der Waals surface area contributed by atoms with Gasteiger partial charge in [-0.15, -0.1) is 5.10 Å². The fourth-order valence-electron chi connectivity index (χ4n) is 4.16. The monoisotopic (exact) mass is 444 g/mol. The van der Waals surface area contributed by atoms with Crippen LogP contribution in [0.1, 0.15) is 41.7 Å². The van der Waals surface area contributed by atoms with Crippen LogP contribution in [0, 0.1) is 5.82 Å². The molecule has 2 aliphatic heterocycles. The first kappa shape index (κ1) is 22.2. The maximum atomic E-state index is 13.1. The van der Waals surface area contributed by atoms with Crippen molar-refractivity contribution in [2.75, 3.05) is 32.8 Å². The minimum Gasteiger partial charge on any atom is -0.378 e. The number of aromatic nitrogens is 3. The molecule has 2 saturated heterocycles. The normalized spacial score (nSPS) is 19.1. The zero-order chi connectivity index (χ0) is 22.3. The number of hydrogen-bond acceptors (Lipinski definition) is 5. The predicted octanol–water partition coefficient (Wildman–Crippen LogP) is 2.04. The van der Waals surface area contributed by atoms with E-state index in [1.807, 2.05) is 4.90 Å². The van der Waals surface area contributed by atoms with Crippen molar-refractivity contribution in [1.29, 1.82) is 0 Å². The SMILES string of the molecule is O=C(c1cn(CCC2CCCCN2C(=O)NCc2ccc(F)cc2)nn1)N1CCOCC1. The Balaban J connectivity index is 1.29. The Morgan fingerprint density at radius 2 is 1.91 bits per heavy atom. The molecule has 2 aliphatic rings. The van der Waals surface area contributed by atoms with Gasteiger partial charge in [0.2, 0.25) is 0 Å². The molecule has 9 nitrogen and oxygen atoms in total. The number of carbonyl (C=O) groups excluding carboxylic acids is 2. The number of piperidine rings is 1. The smallest absolute Gasteiger partial charge is 0.317 e. The number of rotatable bonds is 6. The molecule has 1 unspecified atom stereocenters. The van der Waals surface area contributed by atoms with E-state index in [1.165, 1.54) is 12.1 Å². The molecule has 0 radical (unpaired) electrons. The second-order valence-electron chi connectivity index (χ2n) is 8.19. The van der Waals surface area contributed by atoms with Gasteiger partial charge in [-0.2, -0.15) is 0 Å². The van der Waals surface area contributed by atoms with Crippen molar-refractivity contribution in [2.45, 2.75) is 44.8 Å². The Bertz CT molecular complexity index is 913. The van der Waals surface area contributed by atoms with Gasteiger partial charge in [0, 0.05) is 38.8 Å². The van der Waals surface area contributed by atoms with Crippen LogP contribution in [0.25, 0.3) is 0 Å². The number of nitrogens with zero attached hydrogens (tertiary/aromatic N) is 5. The number of likely N-dealkylation sites (tertiary alicyclic amines) is 1. The average Bonchev–Trinajstić information content (AvgIpc) is 3.31. The summed E-state index contributed by atoms with van der Waals surface area (Å²) in [7, 11) is 0. The van der Waals surface area contributed by atoms with Crippen LogP contribution in [0.2, 0.25) is 0 Å². The third-order valence-corrected chi connectivity index (χ3v) is 5.99. The van der Waals surface area contributed by atoms with Gasteiger partial charge in [-0.3, -0.25) is 9.48 Å². The average molecular weight is 445 g/mol. The van der Waals surface area contributed by atoms with E-state index >= 15 is 0 Å². The number of amides is 3. The van der Waals surface area contributed by atoms with Crippen LogP contribution in [-0.2, 0) is 17.8 Å². The van der Waals surface area contributed by atoms with Gasteiger partial charge in [0.25, 0.3) is 5.91 Å². The van der Waals surface area contributed by atoms with Crippen molar-refractivity contribution in [2.24, 2.45) is 0 Å². The Hall–Kier alpha value is -3.01. The Kier molecular flexibility index (Phi) is 7.31. The van der Waals surface area contributed by atoms with Gasteiger partial charge in [-0.25, -0.2) is 9.18 Å². The second kappa shape index (κ2) is 10.5. The van der Waals surface area contributed by atoms with Crippen molar-refractivity contribution < 1.29 is 18.7 Å². The summed E-state index contributed by atoms with van der Waals surface area (Å²) in [6.07, 6.45) is 5.39. The molecule has 3 heterocycles. The molecule has 0 saturated carbocycles. The quantitative estimate of drug-likeness (QED) is 0.736. The number of benzene rings is 1. The van der Waals surface area contributed by atoms with Crippen LogP contribution in [0.15, 0.2) is 30.5 Å². The summed E-state index contributed by atoms with van der Waals surface area (Å²) in [5, 5.41) is 11.1. The molecule has 1 atom stereocenters. The van der Waals surface area contributed by atoms with Crippen LogP contribution in [0.5, 0.6) is 0 Å². The van der Waals surface area contributed by atoms with E-state index in [1.54, 1.807) is 27.9 Å². The van der Waals surface area contributed by atoms with E-state index in [0.717, 1.165) is 31.2 Å². The van der Waals surface area contributed by atoms with E-state index in [9.17, 15) is 14.0 Å². The highest BCUT2D eigenvalue weighted by atomic mass is 19.1. The van der Waals surface area contributed by atoms with E-state index in [-0.39, 0.29) is 23.8 Å². The van der Waals surface area contributed by atoms with Gasteiger partial charge in [0.05, 0.1) is 19.4 Å². The van der Waals surface area contributed by atoms with Crippen molar-refractivity contribution in [3.05, 3.63) is 47.5 Å². The maximum Gasteiger partial charge on any atom is 0.317 e. The fourth-order valence-corrected chi connectivity index (χ4v) is 4.16. The van der Waals surface area contributed by atoms with Gasteiger partial charge in [-0.05, 0) is 43.4 Å². The van der Waals surface area contributed by atoms with Gasteiger partial charge < -0.3 is 19.9 Å². The first-order valence-electron chi connectivity index (χ1n) is 11.2. The van der Waals surface area contributed by atoms with Gasteiger partial charge in [0.1, 0.15) is 5.82 Å². The fraction of sp³-hybridized carbons (Fsp3) is 0.545. The van der Waals surface area contributed by atoms with Crippen molar-refractivity contribution in [1.82, 2.24) is 30.1 Å². The lowest BCUT2D eigenvalue weighted by atomic mass is 10.00. The number of hydrogen-bond donors (Lipinski definition) is 1. The topological polar surface area (TPSA) is 92.6 Å². The van der Waals surface area contributed by atoms with Gasteiger partial charge >= 0.3 is 6.03 Å². The number of carbonyl (C=O) groups is 2.